The van der Waals surface area contributed by atoms with Gasteiger partial charge in [0.15, 0.2) is 5.84 Å². The molecular weight excluding hydrogens is 373 g/mol. The van der Waals surface area contributed by atoms with E-state index < -0.39 is 5.82 Å². The highest BCUT2D eigenvalue weighted by molar-refractivity contribution is 9.10. The first-order valence-electron chi connectivity index (χ1n) is 6.26. The van der Waals surface area contributed by atoms with E-state index in [0.29, 0.717) is 38.9 Å². The van der Waals surface area contributed by atoms with Crippen molar-refractivity contribution >= 4 is 44.8 Å². The second-order valence-electron chi connectivity index (χ2n) is 4.60. The molecule has 0 radical (unpaired) electrons. The van der Waals surface area contributed by atoms with Gasteiger partial charge in [-0.15, -0.1) is 0 Å². The van der Waals surface area contributed by atoms with Crippen molar-refractivity contribution in [2.75, 3.05) is 12.8 Å². The van der Waals surface area contributed by atoms with Crippen molar-refractivity contribution in [3.05, 3.63) is 62.3 Å². The summed E-state index contributed by atoms with van der Waals surface area (Å²) in [4.78, 5) is 9.23. The van der Waals surface area contributed by atoms with Gasteiger partial charge in [-0.25, -0.2) is 9.38 Å². The minimum Gasteiger partial charge on any atom is -0.398 e. The molecule has 0 fully saturated rings. The lowest BCUT2D eigenvalue weighted by atomic mass is 9.98. The van der Waals surface area contributed by atoms with Gasteiger partial charge in [0.25, 0.3) is 0 Å². The molecule has 0 amide bonds. The van der Waals surface area contributed by atoms with Gasteiger partial charge in [0.1, 0.15) is 12.9 Å². The summed E-state index contributed by atoms with van der Waals surface area (Å²) in [5.74, 6) is -0.0442. The zero-order valence-corrected chi connectivity index (χ0v) is 13.7. The number of oxime groups is 1. The zero-order chi connectivity index (χ0) is 15.9. The van der Waals surface area contributed by atoms with E-state index in [1.807, 2.05) is 6.07 Å². The average Bonchev–Trinajstić information content (AvgIpc) is 2.81. The third-order valence-corrected chi connectivity index (χ3v) is 3.98. The first kappa shape index (κ1) is 15.0. The van der Waals surface area contributed by atoms with Crippen LogP contribution in [0.1, 0.15) is 16.7 Å². The smallest absolute Gasteiger partial charge is 0.200 e. The third kappa shape index (κ3) is 2.48. The number of halogens is 3. The van der Waals surface area contributed by atoms with E-state index >= 15 is 0 Å². The molecule has 7 heteroatoms. The molecule has 0 bridgehead atoms. The van der Waals surface area contributed by atoms with E-state index in [1.165, 1.54) is 25.3 Å². The number of anilines is 1. The summed E-state index contributed by atoms with van der Waals surface area (Å²) < 4.78 is 14.4. The van der Waals surface area contributed by atoms with Crippen molar-refractivity contribution in [2.45, 2.75) is 0 Å². The van der Waals surface area contributed by atoms with E-state index in [2.05, 4.69) is 26.1 Å². The molecule has 2 aromatic rings. The van der Waals surface area contributed by atoms with Gasteiger partial charge in [-0.3, -0.25) is 0 Å². The first-order chi connectivity index (χ1) is 10.5. The van der Waals surface area contributed by atoms with Gasteiger partial charge in [-0.05, 0) is 30.3 Å². The summed E-state index contributed by atoms with van der Waals surface area (Å²) in [6, 6.07) is 7.67. The second-order valence-corrected chi connectivity index (χ2v) is 5.92. The fraction of sp³-hybridized carbons (Fsp3) is 0.0667. The second kappa shape index (κ2) is 5.70. The van der Waals surface area contributed by atoms with Crippen molar-refractivity contribution in [3.63, 3.8) is 0 Å². The molecule has 0 atom stereocenters. The zero-order valence-electron chi connectivity index (χ0n) is 11.4. The molecule has 2 aromatic carbocycles. The molecule has 4 nitrogen and oxygen atoms in total. The van der Waals surface area contributed by atoms with Gasteiger partial charge in [-0.1, -0.05) is 32.7 Å². The topological polar surface area (TPSA) is 60.0 Å². The lowest BCUT2D eigenvalue weighted by Gasteiger charge is -2.09. The average molecular weight is 383 g/mol. The van der Waals surface area contributed by atoms with Crippen LogP contribution in [0, 0.1) is 5.82 Å². The van der Waals surface area contributed by atoms with Gasteiger partial charge in [0.2, 0.25) is 0 Å². The van der Waals surface area contributed by atoms with Crippen LogP contribution in [0.25, 0.3) is 0 Å². The highest BCUT2D eigenvalue weighted by atomic mass is 79.9. The SMILES string of the molecule is CO/N=C1/N=C(c2cc(F)ccc2Cl)c2c(N)cc(Br)cc21. The fourth-order valence-corrected chi connectivity index (χ4v) is 3.00. The summed E-state index contributed by atoms with van der Waals surface area (Å²) >= 11 is 9.57. The van der Waals surface area contributed by atoms with E-state index in [4.69, 9.17) is 22.2 Å². The molecule has 1 aliphatic heterocycles. The summed E-state index contributed by atoms with van der Waals surface area (Å²) in [6.45, 7) is 0. The van der Waals surface area contributed by atoms with Crippen molar-refractivity contribution in [1.29, 1.82) is 0 Å². The van der Waals surface area contributed by atoms with Gasteiger partial charge in [0.05, 0.1) is 10.7 Å². The maximum absolute atomic E-state index is 13.6. The van der Waals surface area contributed by atoms with Crippen LogP contribution < -0.4 is 5.73 Å². The highest BCUT2D eigenvalue weighted by Crippen LogP contribution is 2.33. The lowest BCUT2D eigenvalue weighted by Crippen LogP contribution is -2.06. The Kier molecular flexibility index (Phi) is 3.88. The van der Waals surface area contributed by atoms with E-state index in [9.17, 15) is 4.39 Å². The number of hydrogen-bond acceptors (Lipinski definition) is 3. The minimum atomic E-state index is -0.406. The molecule has 0 spiro atoms. The number of nitrogens with zero attached hydrogens (tertiary/aromatic N) is 2. The van der Waals surface area contributed by atoms with Crippen molar-refractivity contribution in [2.24, 2.45) is 10.1 Å². The molecule has 0 unspecified atom stereocenters. The monoisotopic (exact) mass is 381 g/mol. The Morgan fingerprint density at radius 2 is 2.05 bits per heavy atom. The Balaban J connectivity index is 2.29. The molecule has 1 aliphatic rings. The quantitative estimate of drug-likeness (QED) is 0.631. The maximum atomic E-state index is 13.6. The molecule has 22 heavy (non-hydrogen) atoms. The summed E-state index contributed by atoms with van der Waals surface area (Å²) in [6.07, 6.45) is 0. The summed E-state index contributed by atoms with van der Waals surface area (Å²) in [5.41, 5.74) is 8.88. The van der Waals surface area contributed by atoms with Gasteiger partial charge >= 0.3 is 0 Å². The lowest BCUT2D eigenvalue weighted by molar-refractivity contribution is 0.213. The molecule has 112 valence electrons. The Morgan fingerprint density at radius 3 is 2.77 bits per heavy atom. The number of nitrogen functional groups attached to an aromatic ring is 1. The predicted octanol–water partition coefficient (Wildman–Crippen LogP) is 3.98. The van der Waals surface area contributed by atoms with Gasteiger partial charge < -0.3 is 10.6 Å². The number of fused-ring (bicyclic) bond motifs is 1. The first-order valence-corrected chi connectivity index (χ1v) is 7.43. The number of amidine groups is 1. The van der Waals surface area contributed by atoms with Gasteiger partial charge in [-0.2, -0.15) is 0 Å². The molecule has 0 aliphatic carbocycles. The number of hydrogen-bond donors (Lipinski definition) is 1. The Morgan fingerprint density at radius 1 is 1.27 bits per heavy atom. The number of aliphatic imine (C=N–C) groups is 1. The molecule has 0 aromatic heterocycles. The van der Waals surface area contributed by atoms with Crippen LogP contribution in [0.3, 0.4) is 0 Å². The number of nitrogens with two attached hydrogens (primary N) is 1. The van der Waals surface area contributed by atoms with Crippen molar-refractivity contribution in [1.82, 2.24) is 0 Å². The van der Waals surface area contributed by atoms with E-state index in [1.54, 1.807) is 6.07 Å². The molecule has 3 rings (SSSR count). The van der Waals surface area contributed by atoms with Crippen LogP contribution >= 0.6 is 27.5 Å². The Labute approximate surface area is 139 Å². The van der Waals surface area contributed by atoms with Gasteiger partial charge in [0, 0.05) is 26.9 Å². The number of benzene rings is 2. The van der Waals surface area contributed by atoms with E-state index in [-0.39, 0.29) is 0 Å². The Bertz CT molecular complexity index is 836. The Hall–Kier alpha value is -1.92. The van der Waals surface area contributed by atoms with Crippen molar-refractivity contribution < 1.29 is 9.23 Å². The summed E-state index contributed by atoms with van der Waals surface area (Å²) in [7, 11) is 1.43. The molecule has 2 N–H and O–H groups in total. The van der Waals surface area contributed by atoms with Crippen LogP contribution in [0.2, 0.25) is 5.02 Å². The normalized spacial score (nSPS) is 14.9. The number of rotatable bonds is 2. The largest absolute Gasteiger partial charge is 0.398 e. The van der Waals surface area contributed by atoms with E-state index in [0.717, 1.165) is 4.47 Å². The van der Waals surface area contributed by atoms with Crippen LogP contribution in [0.15, 0.2) is 45.0 Å². The molecule has 0 saturated heterocycles. The fourth-order valence-electron chi connectivity index (χ4n) is 2.32. The molecular formula is C15H10BrClFN3O. The highest BCUT2D eigenvalue weighted by Gasteiger charge is 2.28. The molecule has 1 heterocycles. The van der Waals surface area contributed by atoms with Crippen LogP contribution in [-0.2, 0) is 4.84 Å². The van der Waals surface area contributed by atoms with Crippen molar-refractivity contribution in [3.8, 4) is 0 Å². The molecule has 0 saturated carbocycles. The minimum absolute atomic E-state index is 0.362. The maximum Gasteiger partial charge on any atom is 0.200 e. The van der Waals surface area contributed by atoms with Crippen LogP contribution in [0.4, 0.5) is 10.1 Å². The van der Waals surface area contributed by atoms with Crippen LogP contribution in [-0.4, -0.2) is 18.7 Å². The summed E-state index contributed by atoms with van der Waals surface area (Å²) in [5, 5.41) is 4.27. The standard InChI is InChI=1S/C15H10BrClFN3O/c1-22-21-15-10-4-7(16)5-12(19)13(10)14(20-15)9-6-8(18)2-3-11(9)17/h2-6H,19H2,1H3/b21-15+. The predicted molar refractivity (Wildman–Crippen MR) is 89.1 cm³/mol. The third-order valence-electron chi connectivity index (χ3n) is 3.19. The van der Waals surface area contributed by atoms with Crippen LogP contribution in [0.5, 0.6) is 0 Å².